The zero-order chi connectivity index (χ0) is 14.4. The molecule has 1 unspecified atom stereocenters. The molecule has 0 radical (unpaired) electrons. The van der Waals surface area contributed by atoms with E-state index in [1.54, 1.807) is 18.2 Å². The van der Waals surface area contributed by atoms with Crippen LogP contribution < -0.4 is 15.4 Å². The van der Waals surface area contributed by atoms with E-state index in [0.717, 1.165) is 25.9 Å². The first-order valence-corrected chi connectivity index (χ1v) is 7.49. The van der Waals surface area contributed by atoms with E-state index in [4.69, 9.17) is 16.3 Å². The lowest BCUT2D eigenvalue weighted by molar-refractivity contribution is -0.117. The van der Waals surface area contributed by atoms with Crippen molar-refractivity contribution in [3.8, 4) is 5.75 Å². The maximum Gasteiger partial charge on any atom is 0.224 e. The number of carbonyl (C=O) groups is 1. The molecule has 0 bridgehead atoms. The Bertz CT molecular complexity index is 459. The summed E-state index contributed by atoms with van der Waals surface area (Å²) < 4.78 is 5.50. The molecule has 1 amide bonds. The summed E-state index contributed by atoms with van der Waals surface area (Å²) in [5, 5.41) is 6.81. The number of anilines is 1. The minimum absolute atomic E-state index is 0.0157. The van der Waals surface area contributed by atoms with Crippen LogP contribution in [0.3, 0.4) is 0 Å². The Morgan fingerprint density at radius 1 is 1.55 bits per heavy atom. The smallest absolute Gasteiger partial charge is 0.224 e. The van der Waals surface area contributed by atoms with Crippen LogP contribution in [-0.2, 0) is 4.79 Å². The second kappa shape index (κ2) is 7.50. The molecule has 1 saturated heterocycles. The van der Waals surface area contributed by atoms with Crippen molar-refractivity contribution in [3.05, 3.63) is 23.2 Å². The van der Waals surface area contributed by atoms with Gasteiger partial charge < -0.3 is 15.4 Å². The molecular formula is C15H21ClN2O2. The molecule has 1 aliphatic rings. The monoisotopic (exact) mass is 296 g/mol. The van der Waals surface area contributed by atoms with E-state index in [1.807, 2.05) is 6.92 Å². The maximum absolute atomic E-state index is 12.1. The molecule has 0 aromatic heterocycles. The third kappa shape index (κ3) is 4.39. The summed E-state index contributed by atoms with van der Waals surface area (Å²) >= 11 is 5.98. The Morgan fingerprint density at radius 3 is 3.10 bits per heavy atom. The normalized spacial score (nSPS) is 18.6. The molecule has 110 valence electrons. The zero-order valence-electron chi connectivity index (χ0n) is 11.7. The molecule has 20 heavy (non-hydrogen) atoms. The molecule has 0 spiro atoms. The number of nitrogens with one attached hydrogen (secondary N) is 2. The molecule has 2 N–H and O–H groups in total. The largest absolute Gasteiger partial charge is 0.492 e. The van der Waals surface area contributed by atoms with Crippen molar-refractivity contribution >= 4 is 23.2 Å². The quantitative estimate of drug-likeness (QED) is 0.878. The zero-order valence-corrected chi connectivity index (χ0v) is 12.5. The molecule has 1 fully saturated rings. The molecule has 5 heteroatoms. The van der Waals surface area contributed by atoms with Gasteiger partial charge in [0.05, 0.1) is 12.3 Å². The van der Waals surface area contributed by atoms with Crippen LogP contribution in [0.1, 0.15) is 26.2 Å². The van der Waals surface area contributed by atoms with Gasteiger partial charge in [0.15, 0.2) is 0 Å². The highest BCUT2D eigenvalue weighted by molar-refractivity contribution is 6.31. The van der Waals surface area contributed by atoms with Crippen molar-refractivity contribution in [2.75, 3.05) is 25.0 Å². The van der Waals surface area contributed by atoms with Gasteiger partial charge in [-0.3, -0.25) is 4.79 Å². The summed E-state index contributed by atoms with van der Waals surface area (Å²) in [4.78, 5) is 12.1. The molecule has 0 saturated carbocycles. The topological polar surface area (TPSA) is 50.4 Å². The fourth-order valence-electron chi connectivity index (χ4n) is 2.44. The lowest BCUT2D eigenvalue weighted by Crippen LogP contribution is -2.32. The number of amides is 1. The van der Waals surface area contributed by atoms with Crippen LogP contribution in [0.25, 0.3) is 0 Å². The van der Waals surface area contributed by atoms with Crippen molar-refractivity contribution in [1.29, 1.82) is 0 Å². The van der Waals surface area contributed by atoms with Gasteiger partial charge >= 0.3 is 0 Å². The summed E-state index contributed by atoms with van der Waals surface area (Å²) in [6.07, 6.45) is 2.78. The van der Waals surface area contributed by atoms with Crippen molar-refractivity contribution in [1.82, 2.24) is 5.32 Å². The predicted molar refractivity (Wildman–Crippen MR) is 81.5 cm³/mol. The summed E-state index contributed by atoms with van der Waals surface area (Å²) in [5.41, 5.74) is 0.646. The number of piperidine rings is 1. The van der Waals surface area contributed by atoms with Crippen LogP contribution in [0.15, 0.2) is 18.2 Å². The molecular weight excluding hydrogens is 276 g/mol. The maximum atomic E-state index is 12.1. The van der Waals surface area contributed by atoms with E-state index in [2.05, 4.69) is 10.6 Å². The fraction of sp³-hybridized carbons (Fsp3) is 0.533. The van der Waals surface area contributed by atoms with Gasteiger partial charge in [0.1, 0.15) is 5.75 Å². The lowest BCUT2D eigenvalue weighted by Gasteiger charge is -2.22. The van der Waals surface area contributed by atoms with E-state index in [-0.39, 0.29) is 5.91 Å². The fourth-order valence-corrected chi connectivity index (χ4v) is 2.61. The average Bonchev–Trinajstić information content (AvgIpc) is 2.43. The van der Waals surface area contributed by atoms with E-state index >= 15 is 0 Å². The minimum Gasteiger partial charge on any atom is -0.492 e. The summed E-state index contributed by atoms with van der Waals surface area (Å²) in [7, 11) is 0. The first kappa shape index (κ1) is 15.1. The number of halogens is 1. The number of carbonyl (C=O) groups excluding carboxylic acids is 1. The Kier molecular flexibility index (Phi) is 5.68. The summed E-state index contributed by atoms with van der Waals surface area (Å²) in [5.74, 6) is 1.09. The molecule has 0 aliphatic carbocycles. The molecule has 2 rings (SSSR count). The van der Waals surface area contributed by atoms with Crippen LogP contribution in [-0.4, -0.2) is 25.6 Å². The first-order chi connectivity index (χ1) is 9.69. The Balaban J connectivity index is 1.97. The average molecular weight is 297 g/mol. The third-order valence-corrected chi connectivity index (χ3v) is 3.62. The molecule has 1 aromatic rings. The molecule has 1 atom stereocenters. The van der Waals surface area contributed by atoms with Crippen LogP contribution in [0.2, 0.25) is 5.02 Å². The number of ether oxygens (including phenoxy) is 1. The number of hydrogen-bond donors (Lipinski definition) is 2. The van der Waals surface area contributed by atoms with Gasteiger partial charge in [-0.15, -0.1) is 0 Å². The van der Waals surface area contributed by atoms with E-state index < -0.39 is 0 Å². The van der Waals surface area contributed by atoms with Crippen molar-refractivity contribution in [3.63, 3.8) is 0 Å². The van der Waals surface area contributed by atoms with Crippen LogP contribution in [0, 0.1) is 5.92 Å². The molecule has 1 aromatic carbocycles. The predicted octanol–water partition coefficient (Wildman–Crippen LogP) is 3.07. The number of hydrogen-bond acceptors (Lipinski definition) is 3. The SMILES string of the molecule is CCOc1ccc(Cl)cc1NC(=O)CC1CCCNC1. The highest BCUT2D eigenvalue weighted by atomic mass is 35.5. The van der Waals surface area contributed by atoms with Gasteiger partial charge in [-0.25, -0.2) is 0 Å². The first-order valence-electron chi connectivity index (χ1n) is 7.12. The van der Waals surface area contributed by atoms with Crippen molar-refractivity contribution in [2.45, 2.75) is 26.2 Å². The van der Waals surface area contributed by atoms with Gasteiger partial charge in [0, 0.05) is 11.4 Å². The summed E-state index contributed by atoms with van der Waals surface area (Å²) in [6, 6.07) is 5.26. The van der Waals surface area contributed by atoms with Crippen molar-refractivity contribution < 1.29 is 9.53 Å². The van der Waals surface area contributed by atoms with Gasteiger partial charge in [0.25, 0.3) is 0 Å². The highest BCUT2D eigenvalue weighted by Crippen LogP contribution is 2.28. The van der Waals surface area contributed by atoms with Crippen LogP contribution >= 0.6 is 11.6 Å². The lowest BCUT2D eigenvalue weighted by atomic mass is 9.96. The molecule has 1 heterocycles. The molecule has 4 nitrogen and oxygen atoms in total. The Hall–Kier alpha value is -1.26. The second-order valence-corrected chi connectivity index (χ2v) is 5.47. The standard InChI is InChI=1S/C15H21ClN2O2/c1-2-20-14-6-5-12(16)9-13(14)18-15(19)8-11-4-3-7-17-10-11/h5-6,9,11,17H,2-4,7-8,10H2,1H3,(H,18,19). The summed E-state index contributed by atoms with van der Waals surface area (Å²) in [6.45, 7) is 4.44. The third-order valence-electron chi connectivity index (χ3n) is 3.39. The van der Waals surface area contributed by atoms with Crippen molar-refractivity contribution in [2.24, 2.45) is 5.92 Å². The van der Waals surface area contributed by atoms with Crippen LogP contribution in [0.5, 0.6) is 5.75 Å². The highest BCUT2D eigenvalue weighted by Gasteiger charge is 2.17. The number of rotatable bonds is 5. The molecule has 1 aliphatic heterocycles. The van der Waals surface area contributed by atoms with Gasteiger partial charge in [-0.2, -0.15) is 0 Å². The van der Waals surface area contributed by atoms with E-state index in [0.29, 0.717) is 35.4 Å². The van der Waals surface area contributed by atoms with Gasteiger partial charge in [0.2, 0.25) is 5.91 Å². The number of benzene rings is 1. The Morgan fingerprint density at radius 2 is 2.40 bits per heavy atom. The van der Waals surface area contributed by atoms with Crippen LogP contribution in [0.4, 0.5) is 5.69 Å². The Labute approximate surface area is 124 Å². The minimum atomic E-state index is 0.0157. The van der Waals surface area contributed by atoms with E-state index in [9.17, 15) is 4.79 Å². The van der Waals surface area contributed by atoms with E-state index in [1.165, 1.54) is 0 Å². The second-order valence-electron chi connectivity index (χ2n) is 5.04. The van der Waals surface area contributed by atoms with Gasteiger partial charge in [-0.05, 0) is 57.0 Å². The van der Waals surface area contributed by atoms with Gasteiger partial charge in [-0.1, -0.05) is 11.6 Å².